The molecule has 0 N–H and O–H groups in total. The highest BCUT2D eigenvalue weighted by Crippen LogP contribution is 2.37. The molecule has 28 heavy (non-hydrogen) atoms. The molecule has 2 fully saturated rings. The molecule has 3 rings (SSSR count). The molecule has 2 aliphatic heterocycles. The number of hydrogen-bond acceptors (Lipinski definition) is 7. The summed E-state index contributed by atoms with van der Waals surface area (Å²) in [6.45, 7) is 15.8. The van der Waals surface area contributed by atoms with Gasteiger partial charge in [-0.1, -0.05) is 0 Å². The van der Waals surface area contributed by atoms with Gasteiger partial charge in [-0.2, -0.15) is 0 Å². The van der Waals surface area contributed by atoms with Crippen LogP contribution in [0.2, 0.25) is 0 Å². The van der Waals surface area contributed by atoms with Gasteiger partial charge >= 0.3 is 20.2 Å². The van der Waals surface area contributed by atoms with Crippen LogP contribution >= 0.6 is 0 Å². The molecule has 0 aromatic carbocycles. The zero-order valence-corrected chi connectivity index (χ0v) is 18.2. The molecule has 0 aliphatic carbocycles. The molecule has 0 amide bonds. The quantitative estimate of drug-likeness (QED) is 0.573. The second-order valence-corrected chi connectivity index (χ2v) is 9.38. The van der Waals surface area contributed by atoms with Crippen molar-refractivity contribution in [1.82, 2.24) is 4.98 Å². The average Bonchev–Trinajstić information content (AvgIpc) is 2.93. The second kappa shape index (κ2) is 6.55. The van der Waals surface area contributed by atoms with Crippen molar-refractivity contribution >= 4 is 31.3 Å². The SMILES string of the molecule is COC(=O)c1cc(B2OC(C)(C)C(C)(C)O2)cc(B2OC(C)(C)C(C)(C)O2)n1. The summed E-state index contributed by atoms with van der Waals surface area (Å²) in [5.41, 5.74) is -0.756. The van der Waals surface area contributed by atoms with Crippen LogP contribution in [0.4, 0.5) is 0 Å². The highest BCUT2D eigenvalue weighted by molar-refractivity contribution is 6.65. The third-order valence-corrected chi connectivity index (χ3v) is 6.28. The van der Waals surface area contributed by atoms with Crippen molar-refractivity contribution in [1.29, 1.82) is 0 Å². The maximum absolute atomic E-state index is 12.2. The summed E-state index contributed by atoms with van der Waals surface area (Å²) in [6.07, 6.45) is 0. The van der Waals surface area contributed by atoms with Gasteiger partial charge in [-0.15, -0.1) is 0 Å². The van der Waals surface area contributed by atoms with Crippen LogP contribution in [-0.2, 0) is 23.4 Å². The van der Waals surface area contributed by atoms with Crippen LogP contribution in [0, 0.1) is 0 Å². The molecule has 2 aliphatic rings. The number of carbonyl (C=O) groups excluding carboxylic acids is 1. The molecule has 9 heteroatoms. The van der Waals surface area contributed by atoms with Gasteiger partial charge in [-0.3, -0.25) is 0 Å². The highest BCUT2D eigenvalue weighted by atomic mass is 16.7. The van der Waals surface area contributed by atoms with E-state index in [1.807, 2.05) is 55.4 Å². The molecule has 0 spiro atoms. The number of ether oxygens (including phenoxy) is 1. The Kier molecular flexibility index (Phi) is 4.99. The highest BCUT2D eigenvalue weighted by Gasteiger charge is 2.54. The molecule has 0 unspecified atom stereocenters. The Bertz CT molecular complexity index is 706. The maximum atomic E-state index is 12.2. The monoisotopic (exact) mass is 389 g/mol. The van der Waals surface area contributed by atoms with E-state index in [1.165, 1.54) is 7.11 Å². The smallest absolute Gasteiger partial charge is 0.464 e. The first kappa shape index (κ1) is 21.3. The number of carbonyl (C=O) groups is 1. The van der Waals surface area contributed by atoms with Gasteiger partial charge in [-0.05, 0) is 73.0 Å². The van der Waals surface area contributed by atoms with E-state index in [2.05, 4.69) is 4.98 Å². The van der Waals surface area contributed by atoms with Gasteiger partial charge in [0.05, 0.1) is 35.1 Å². The number of nitrogens with zero attached hydrogens (tertiary/aromatic N) is 1. The van der Waals surface area contributed by atoms with Crippen molar-refractivity contribution in [3.8, 4) is 0 Å². The topological polar surface area (TPSA) is 76.1 Å². The third-order valence-electron chi connectivity index (χ3n) is 6.28. The first-order valence-electron chi connectivity index (χ1n) is 9.51. The first-order valence-corrected chi connectivity index (χ1v) is 9.51. The summed E-state index contributed by atoms with van der Waals surface area (Å²) < 4.78 is 29.3. The van der Waals surface area contributed by atoms with Gasteiger partial charge < -0.3 is 23.4 Å². The Hall–Kier alpha value is -1.41. The normalized spacial score (nSPS) is 24.5. The Balaban J connectivity index is 2.01. The van der Waals surface area contributed by atoms with E-state index < -0.39 is 42.6 Å². The number of pyridine rings is 1. The van der Waals surface area contributed by atoms with Crippen molar-refractivity contribution in [2.24, 2.45) is 0 Å². The van der Waals surface area contributed by atoms with Crippen LogP contribution in [-0.4, -0.2) is 54.7 Å². The lowest BCUT2D eigenvalue weighted by molar-refractivity contribution is 0.00578. The van der Waals surface area contributed by atoms with Gasteiger partial charge in [0.25, 0.3) is 0 Å². The summed E-state index contributed by atoms with van der Waals surface area (Å²) in [5, 5.41) is 0. The molecule has 152 valence electrons. The molecule has 2 saturated heterocycles. The van der Waals surface area contributed by atoms with Crippen molar-refractivity contribution in [3.05, 3.63) is 17.8 Å². The molecule has 0 radical (unpaired) electrons. The summed E-state index contributed by atoms with van der Waals surface area (Å²) in [4.78, 5) is 16.6. The minimum absolute atomic E-state index is 0.152. The molecular formula is C19H29B2NO6. The Morgan fingerprint density at radius 1 is 0.821 bits per heavy atom. The minimum Gasteiger partial charge on any atom is -0.464 e. The summed E-state index contributed by atoms with van der Waals surface area (Å²) in [5.74, 6) is -0.545. The Morgan fingerprint density at radius 3 is 1.68 bits per heavy atom. The van der Waals surface area contributed by atoms with E-state index in [0.717, 1.165) is 0 Å². The van der Waals surface area contributed by atoms with E-state index in [1.54, 1.807) is 12.1 Å². The lowest BCUT2D eigenvalue weighted by Crippen LogP contribution is -2.44. The molecule has 1 aromatic heterocycles. The average molecular weight is 389 g/mol. The fraction of sp³-hybridized carbons (Fsp3) is 0.684. The summed E-state index contributed by atoms with van der Waals surface area (Å²) in [7, 11) is -0.0340. The predicted octanol–water partition coefficient (Wildman–Crippen LogP) is 1.47. The largest absolute Gasteiger partial charge is 0.514 e. The van der Waals surface area contributed by atoms with E-state index in [9.17, 15) is 4.79 Å². The number of esters is 1. The van der Waals surface area contributed by atoms with E-state index in [0.29, 0.717) is 11.1 Å². The van der Waals surface area contributed by atoms with E-state index >= 15 is 0 Å². The number of rotatable bonds is 3. The van der Waals surface area contributed by atoms with Crippen molar-refractivity contribution in [2.75, 3.05) is 7.11 Å². The Labute approximate surface area is 167 Å². The van der Waals surface area contributed by atoms with Crippen molar-refractivity contribution < 1.29 is 28.1 Å². The molecular weight excluding hydrogens is 360 g/mol. The standard InChI is InChI=1S/C19H29B2NO6/c1-16(2)17(3,4)26-20(25-16)12-10-13(15(23)24-9)22-14(11-12)21-27-18(5,6)19(7,8)28-21/h10-11H,1-9H3. The van der Waals surface area contributed by atoms with Gasteiger partial charge in [-0.25, -0.2) is 9.78 Å². The Morgan fingerprint density at radius 2 is 1.25 bits per heavy atom. The zero-order chi connectivity index (χ0) is 21.1. The molecule has 7 nitrogen and oxygen atoms in total. The van der Waals surface area contributed by atoms with E-state index in [-0.39, 0.29) is 5.69 Å². The predicted molar refractivity (Wildman–Crippen MR) is 107 cm³/mol. The molecule has 1 aromatic rings. The van der Waals surface area contributed by atoms with Gasteiger partial charge in [0.15, 0.2) is 0 Å². The molecule has 3 heterocycles. The van der Waals surface area contributed by atoms with Crippen LogP contribution in [0.15, 0.2) is 12.1 Å². The second-order valence-electron chi connectivity index (χ2n) is 9.38. The number of methoxy groups -OCH3 is 1. The zero-order valence-electron chi connectivity index (χ0n) is 18.2. The van der Waals surface area contributed by atoms with Crippen molar-refractivity contribution in [3.63, 3.8) is 0 Å². The van der Waals surface area contributed by atoms with Gasteiger partial charge in [0.1, 0.15) is 5.69 Å². The summed E-state index contributed by atoms with van der Waals surface area (Å²) >= 11 is 0. The van der Waals surface area contributed by atoms with Crippen LogP contribution < -0.4 is 11.1 Å². The maximum Gasteiger partial charge on any atom is 0.514 e. The first-order chi connectivity index (χ1) is 12.7. The third kappa shape index (κ3) is 3.49. The van der Waals surface area contributed by atoms with E-state index in [4.69, 9.17) is 23.4 Å². The van der Waals surface area contributed by atoms with Crippen LogP contribution in [0.3, 0.4) is 0 Å². The minimum atomic E-state index is -0.712. The molecule has 0 atom stereocenters. The lowest BCUT2D eigenvalue weighted by atomic mass is 9.74. The summed E-state index contributed by atoms with van der Waals surface area (Å²) in [6, 6.07) is 3.43. The fourth-order valence-electron chi connectivity index (χ4n) is 2.98. The van der Waals surface area contributed by atoms with Crippen LogP contribution in [0.25, 0.3) is 0 Å². The lowest BCUT2D eigenvalue weighted by Gasteiger charge is -2.32. The molecule has 0 saturated carbocycles. The van der Waals surface area contributed by atoms with Crippen LogP contribution in [0.5, 0.6) is 0 Å². The van der Waals surface area contributed by atoms with Gasteiger partial charge in [0.2, 0.25) is 0 Å². The van der Waals surface area contributed by atoms with Gasteiger partial charge in [0, 0.05) is 0 Å². The number of aromatic nitrogens is 1. The fourth-order valence-corrected chi connectivity index (χ4v) is 2.98. The van der Waals surface area contributed by atoms with Crippen molar-refractivity contribution in [2.45, 2.75) is 77.8 Å². The number of hydrogen-bond donors (Lipinski definition) is 0. The van der Waals surface area contributed by atoms with Crippen LogP contribution in [0.1, 0.15) is 65.9 Å². The molecule has 0 bridgehead atoms.